The lowest BCUT2D eigenvalue weighted by molar-refractivity contribution is -0.284. The lowest BCUT2D eigenvalue weighted by Crippen LogP contribution is -2.65. The molecule has 2 unspecified atom stereocenters. The molecule has 3 aliphatic heterocycles. The van der Waals surface area contributed by atoms with Crippen LogP contribution in [0.1, 0.15) is 60.3 Å². The zero-order chi connectivity index (χ0) is 26.2. The van der Waals surface area contributed by atoms with Gasteiger partial charge in [0, 0.05) is 13.6 Å². The van der Waals surface area contributed by atoms with Gasteiger partial charge in [-0.05, 0) is 26.7 Å². The molecule has 200 valence electrons. The van der Waals surface area contributed by atoms with Crippen LogP contribution in [0.15, 0.2) is 0 Å². The fraction of sp³-hybridized carbons (Fsp3) is 0.864. The quantitative estimate of drug-likeness (QED) is 0.252. The summed E-state index contributed by atoms with van der Waals surface area (Å²) >= 11 is 0. The summed E-state index contributed by atoms with van der Waals surface area (Å²) < 4.78 is 53.2. The van der Waals surface area contributed by atoms with Gasteiger partial charge in [0.15, 0.2) is 5.79 Å². The molecule has 7 atom stereocenters. The molecule has 0 spiro atoms. The molecular weight excluding hydrogens is 485 g/mol. The third-order valence-corrected chi connectivity index (χ3v) is 7.46. The Balaban J connectivity index is 2.05. The molecule has 35 heavy (non-hydrogen) atoms. The number of nitrogens with zero attached hydrogens (tertiary/aromatic N) is 1. The fourth-order valence-electron chi connectivity index (χ4n) is 4.78. The first kappa shape index (κ1) is 28.0. The van der Waals surface area contributed by atoms with Crippen LogP contribution in [0, 0.1) is 0 Å². The van der Waals surface area contributed by atoms with Crippen LogP contribution in [-0.2, 0) is 46.9 Å². The van der Waals surface area contributed by atoms with Crippen LogP contribution in [0.3, 0.4) is 0 Å². The van der Waals surface area contributed by atoms with E-state index in [2.05, 4.69) is 0 Å². The number of fused-ring (bicyclic) bond motifs is 1. The predicted molar refractivity (Wildman–Crippen MR) is 120 cm³/mol. The predicted octanol–water partition coefficient (Wildman–Crippen LogP) is 2.97. The number of hydrogen-bond acceptors (Lipinski definition) is 11. The first-order chi connectivity index (χ1) is 16.3. The summed E-state index contributed by atoms with van der Waals surface area (Å²) in [6.07, 6.45) is -2.76. The van der Waals surface area contributed by atoms with E-state index in [-0.39, 0.29) is 13.0 Å². The van der Waals surface area contributed by atoms with E-state index in [0.29, 0.717) is 12.8 Å². The second-order valence-corrected chi connectivity index (χ2v) is 11.4. The van der Waals surface area contributed by atoms with Gasteiger partial charge in [0.2, 0.25) is 5.91 Å². The zero-order valence-electron chi connectivity index (χ0n) is 21.3. The number of unbranched alkanes of at least 4 members (excludes halogenated alkanes) is 1. The minimum Gasteiger partial charge on any atom is -0.465 e. The Hall–Kier alpha value is -1.56. The molecule has 3 fully saturated rings. The summed E-state index contributed by atoms with van der Waals surface area (Å²) in [5.41, 5.74) is 0. The minimum absolute atomic E-state index is 0.149. The average Bonchev–Trinajstić information content (AvgIpc) is 3.26. The Labute approximate surface area is 205 Å². The second kappa shape index (κ2) is 10.4. The molecule has 3 saturated heterocycles. The van der Waals surface area contributed by atoms with E-state index in [0.717, 1.165) is 18.4 Å². The van der Waals surface area contributed by atoms with Crippen LogP contribution in [0.5, 0.6) is 0 Å². The van der Waals surface area contributed by atoms with E-state index in [4.69, 9.17) is 32.7 Å². The monoisotopic (exact) mass is 521 g/mol. The highest BCUT2D eigenvalue weighted by molar-refractivity contribution is 7.53. The SMILES string of the molecule is CCCCOP(C)(=O)O[C@]1(C(=O)OC)C[C@H]2OC(=O)N(C(C)=O)[C@H]2C([C@@H]2OC(C)(C)O[C@@H]2CC)O1. The molecule has 0 N–H and O–H groups in total. The van der Waals surface area contributed by atoms with Gasteiger partial charge in [0.1, 0.15) is 24.4 Å². The summed E-state index contributed by atoms with van der Waals surface area (Å²) in [4.78, 5) is 39.1. The molecule has 3 rings (SSSR count). The summed E-state index contributed by atoms with van der Waals surface area (Å²) in [6, 6.07) is -0.935. The number of carbonyl (C=O) groups is 3. The van der Waals surface area contributed by atoms with Gasteiger partial charge in [0.05, 0.1) is 26.2 Å². The van der Waals surface area contributed by atoms with E-state index in [1.165, 1.54) is 13.6 Å². The smallest absolute Gasteiger partial charge is 0.417 e. The van der Waals surface area contributed by atoms with Crippen molar-refractivity contribution in [2.24, 2.45) is 0 Å². The number of hydrogen-bond donors (Lipinski definition) is 0. The summed E-state index contributed by atoms with van der Waals surface area (Å²) in [5.74, 6) is -4.77. The first-order valence-electron chi connectivity index (χ1n) is 11.8. The number of imide groups is 1. The number of carbonyl (C=O) groups excluding carboxylic acids is 3. The Morgan fingerprint density at radius 3 is 2.43 bits per heavy atom. The standard InChI is InChI=1S/C22H36NO11P/c1-8-10-11-29-35(7,27)34-22(19(25)28-6)12-15-16(23(13(3)24)20(26)30-15)18(33-22)17-14(9-2)31-21(4,5)32-17/h14-18H,8-12H2,1-7H3/t14-,15-,16-,17-,18?,22+,35?/m1/s1. The van der Waals surface area contributed by atoms with Crippen LogP contribution in [0.2, 0.25) is 0 Å². The molecule has 3 aliphatic rings. The molecule has 13 heteroatoms. The lowest BCUT2D eigenvalue weighted by atomic mass is 9.88. The molecule has 0 saturated carbocycles. The molecule has 0 radical (unpaired) electrons. The van der Waals surface area contributed by atoms with E-state index in [1.807, 2.05) is 13.8 Å². The van der Waals surface area contributed by atoms with Gasteiger partial charge >= 0.3 is 19.7 Å². The van der Waals surface area contributed by atoms with Gasteiger partial charge < -0.3 is 28.2 Å². The largest absolute Gasteiger partial charge is 0.465 e. The minimum atomic E-state index is -3.83. The van der Waals surface area contributed by atoms with Crippen molar-refractivity contribution < 1.29 is 51.7 Å². The van der Waals surface area contributed by atoms with Gasteiger partial charge in [-0.1, -0.05) is 20.3 Å². The van der Waals surface area contributed by atoms with Crippen molar-refractivity contribution in [3.05, 3.63) is 0 Å². The van der Waals surface area contributed by atoms with Crippen molar-refractivity contribution >= 4 is 25.6 Å². The van der Waals surface area contributed by atoms with Gasteiger partial charge in [-0.25, -0.2) is 14.5 Å². The maximum Gasteiger partial charge on any atom is 0.417 e. The number of methoxy groups -OCH3 is 1. The number of ether oxygens (including phenoxy) is 5. The average molecular weight is 522 g/mol. The maximum atomic E-state index is 13.2. The van der Waals surface area contributed by atoms with Crippen molar-refractivity contribution in [3.63, 3.8) is 0 Å². The van der Waals surface area contributed by atoms with Crippen LogP contribution >= 0.6 is 7.60 Å². The van der Waals surface area contributed by atoms with Gasteiger partial charge in [-0.2, -0.15) is 0 Å². The van der Waals surface area contributed by atoms with Gasteiger partial charge in [0.25, 0.3) is 5.79 Å². The van der Waals surface area contributed by atoms with Gasteiger partial charge in [-0.15, -0.1) is 0 Å². The maximum absolute atomic E-state index is 13.2. The molecule has 12 nitrogen and oxygen atoms in total. The number of esters is 1. The summed E-state index contributed by atoms with van der Waals surface area (Å²) in [5, 5.41) is 0. The van der Waals surface area contributed by atoms with Crippen LogP contribution in [0.25, 0.3) is 0 Å². The Morgan fingerprint density at radius 2 is 1.86 bits per heavy atom. The van der Waals surface area contributed by atoms with E-state index in [1.54, 1.807) is 13.8 Å². The molecule has 3 heterocycles. The third-order valence-electron chi connectivity index (χ3n) is 6.18. The van der Waals surface area contributed by atoms with Crippen molar-refractivity contribution in [2.75, 3.05) is 20.4 Å². The Bertz CT molecular complexity index is 879. The molecule has 0 aromatic carbocycles. The number of rotatable bonds is 9. The van der Waals surface area contributed by atoms with Crippen molar-refractivity contribution in [3.8, 4) is 0 Å². The highest BCUT2D eigenvalue weighted by Crippen LogP contribution is 2.53. The molecular formula is C22H36NO11P. The second-order valence-electron chi connectivity index (χ2n) is 9.43. The molecule has 0 bridgehead atoms. The summed E-state index contributed by atoms with van der Waals surface area (Å²) in [6.45, 7) is 9.88. The van der Waals surface area contributed by atoms with E-state index >= 15 is 0 Å². The van der Waals surface area contributed by atoms with Crippen molar-refractivity contribution in [1.29, 1.82) is 0 Å². The van der Waals surface area contributed by atoms with Gasteiger partial charge in [-0.3, -0.25) is 13.9 Å². The van der Waals surface area contributed by atoms with Crippen molar-refractivity contribution in [2.45, 2.75) is 102 Å². The van der Waals surface area contributed by atoms with E-state index < -0.39 is 67.6 Å². The van der Waals surface area contributed by atoms with Crippen LogP contribution < -0.4 is 0 Å². The fourth-order valence-corrected chi connectivity index (χ4v) is 6.02. The van der Waals surface area contributed by atoms with Crippen molar-refractivity contribution in [1.82, 2.24) is 4.90 Å². The lowest BCUT2D eigenvalue weighted by Gasteiger charge is -2.46. The molecule has 0 aromatic heterocycles. The first-order valence-corrected chi connectivity index (χ1v) is 13.8. The highest BCUT2D eigenvalue weighted by Gasteiger charge is 2.66. The molecule has 2 amide bonds. The Kier molecular flexibility index (Phi) is 8.35. The normalized spacial score (nSPS) is 35.8. The zero-order valence-corrected chi connectivity index (χ0v) is 22.2. The van der Waals surface area contributed by atoms with Crippen LogP contribution in [0.4, 0.5) is 4.79 Å². The van der Waals surface area contributed by atoms with E-state index in [9.17, 15) is 18.9 Å². The third kappa shape index (κ3) is 5.73. The van der Waals surface area contributed by atoms with Crippen LogP contribution in [-0.4, -0.2) is 85.3 Å². The Morgan fingerprint density at radius 1 is 1.17 bits per heavy atom. The summed E-state index contributed by atoms with van der Waals surface area (Å²) in [7, 11) is -2.70. The topological polar surface area (TPSA) is 136 Å². The number of amides is 2. The molecule has 0 aromatic rings. The highest BCUT2D eigenvalue weighted by atomic mass is 31.2. The molecule has 0 aliphatic carbocycles.